The lowest BCUT2D eigenvalue weighted by Crippen LogP contribution is -2.19. The smallest absolute Gasteiger partial charge is 0.0966 e. The second-order valence-corrected chi connectivity index (χ2v) is 1.98. The third-order valence-electron chi connectivity index (χ3n) is 1.15. The van der Waals surface area contributed by atoms with E-state index >= 15 is 0 Å². The first-order chi connectivity index (χ1) is 5.00. The van der Waals surface area contributed by atoms with Crippen LogP contribution in [0, 0.1) is 0 Å². The fourth-order valence-electron chi connectivity index (χ4n) is 0.655. The monoisotopic (exact) mass is 143 g/mol. The Morgan fingerprint density at radius 2 is 2.40 bits per heavy atom. The molecule has 10 heavy (non-hydrogen) atoms. The average molecular weight is 143 g/mol. The molecule has 2 heterocycles. The first kappa shape index (κ1) is 7.53. The van der Waals surface area contributed by atoms with Gasteiger partial charge < -0.3 is 10.2 Å². The molecule has 2 aliphatic heterocycles. The van der Waals surface area contributed by atoms with E-state index in [9.17, 15) is 0 Å². The van der Waals surface area contributed by atoms with Gasteiger partial charge in [0.15, 0.2) is 0 Å². The molecule has 0 aromatic carbocycles. The van der Waals surface area contributed by atoms with Crippen molar-refractivity contribution in [2.24, 2.45) is 0 Å². The molecule has 0 atom stereocenters. The lowest BCUT2D eigenvalue weighted by atomic mass is 10.7. The van der Waals surface area contributed by atoms with E-state index in [0.29, 0.717) is 0 Å². The molecule has 4 heteroatoms. The van der Waals surface area contributed by atoms with E-state index in [2.05, 4.69) is 16.2 Å². The third-order valence-corrected chi connectivity index (χ3v) is 1.15. The maximum atomic E-state index is 4.83. The maximum absolute atomic E-state index is 4.83. The highest BCUT2D eigenvalue weighted by Crippen LogP contribution is 1.75. The standard InChI is InChI=1S/C3H6N2.C3H7NO/c1-2-4-5-3-1;1-2-5-3-4-1/h1-2,4-5H,3H2;4H,1-3H2. The van der Waals surface area contributed by atoms with Crippen molar-refractivity contribution in [1.82, 2.24) is 16.2 Å². The minimum absolute atomic E-state index is 0.750. The number of hydrogen-bond donors (Lipinski definition) is 3. The van der Waals surface area contributed by atoms with Crippen molar-refractivity contribution in [3.8, 4) is 0 Å². The summed E-state index contributed by atoms with van der Waals surface area (Å²) in [6.07, 6.45) is 3.89. The Morgan fingerprint density at radius 1 is 1.40 bits per heavy atom. The molecule has 0 aromatic heterocycles. The van der Waals surface area contributed by atoms with Gasteiger partial charge in [-0.05, 0) is 0 Å². The molecule has 0 bridgehead atoms. The van der Waals surface area contributed by atoms with Crippen molar-refractivity contribution in [3.63, 3.8) is 0 Å². The van der Waals surface area contributed by atoms with Gasteiger partial charge in [-0.2, -0.15) is 0 Å². The summed E-state index contributed by atoms with van der Waals surface area (Å²) < 4.78 is 4.83. The van der Waals surface area contributed by atoms with Crippen LogP contribution in [0.15, 0.2) is 12.3 Å². The zero-order valence-electron chi connectivity index (χ0n) is 5.89. The van der Waals surface area contributed by atoms with Gasteiger partial charge in [-0.15, -0.1) is 0 Å². The highest BCUT2D eigenvalue weighted by molar-refractivity contribution is 4.85. The van der Waals surface area contributed by atoms with E-state index in [1.165, 1.54) is 0 Å². The van der Waals surface area contributed by atoms with E-state index in [-0.39, 0.29) is 0 Å². The van der Waals surface area contributed by atoms with E-state index in [4.69, 9.17) is 4.74 Å². The molecule has 58 valence electrons. The van der Waals surface area contributed by atoms with Crippen LogP contribution in [0.25, 0.3) is 0 Å². The van der Waals surface area contributed by atoms with Gasteiger partial charge in [0, 0.05) is 19.3 Å². The highest BCUT2D eigenvalue weighted by atomic mass is 16.5. The molecule has 0 aliphatic carbocycles. The molecule has 3 N–H and O–H groups in total. The normalized spacial score (nSPS) is 21.6. The van der Waals surface area contributed by atoms with Crippen LogP contribution >= 0.6 is 0 Å². The zero-order chi connectivity index (χ0) is 7.07. The van der Waals surface area contributed by atoms with Gasteiger partial charge >= 0.3 is 0 Å². The van der Waals surface area contributed by atoms with Gasteiger partial charge in [-0.3, -0.25) is 5.32 Å². The minimum atomic E-state index is 0.750. The molecule has 0 saturated carbocycles. The fourth-order valence-corrected chi connectivity index (χ4v) is 0.655. The van der Waals surface area contributed by atoms with Crippen LogP contribution in [0.4, 0.5) is 0 Å². The van der Waals surface area contributed by atoms with Crippen LogP contribution in [0.3, 0.4) is 0 Å². The molecule has 1 fully saturated rings. The molecule has 2 aliphatic rings. The molecule has 0 unspecified atom stereocenters. The van der Waals surface area contributed by atoms with E-state index in [1.54, 1.807) is 0 Å². The molecule has 1 saturated heterocycles. The average Bonchev–Trinajstić information content (AvgIpc) is 2.67. The van der Waals surface area contributed by atoms with Gasteiger partial charge in [-0.1, -0.05) is 6.08 Å². The van der Waals surface area contributed by atoms with Crippen molar-refractivity contribution in [2.75, 3.05) is 26.4 Å². The summed E-state index contributed by atoms with van der Waals surface area (Å²) in [7, 11) is 0. The van der Waals surface area contributed by atoms with Gasteiger partial charge in [0.25, 0.3) is 0 Å². The molecule has 4 nitrogen and oxygen atoms in total. The lowest BCUT2D eigenvalue weighted by molar-refractivity contribution is 0.194. The highest BCUT2D eigenvalue weighted by Gasteiger charge is 1.92. The van der Waals surface area contributed by atoms with Gasteiger partial charge in [0.1, 0.15) is 0 Å². The molecule has 0 amide bonds. The quantitative estimate of drug-likeness (QED) is 0.414. The zero-order valence-corrected chi connectivity index (χ0v) is 5.89. The lowest BCUT2D eigenvalue weighted by Gasteiger charge is -1.83. The summed E-state index contributed by atoms with van der Waals surface area (Å²) in [4.78, 5) is 0. The number of nitrogens with one attached hydrogen (secondary N) is 3. The third kappa shape index (κ3) is 3.45. The van der Waals surface area contributed by atoms with Crippen LogP contribution in [-0.4, -0.2) is 26.4 Å². The first-order valence-corrected chi connectivity index (χ1v) is 3.42. The second-order valence-electron chi connectivity index (χ2n) is 1.98. The summed E-state index contributed by atoms with van der Waals surface area (Å²) in [6.45, 7) is 3.62. The first-order valence-electron chi connectivity index (χ1n) is 3.42. The summed E-state index contributed by atoms with van der Waals surface area (Å²) in [5, 5.41) is 3.00. The number of rotatable bonds is 0. The maximum Gasteiger partial charge on any atom is 0.0966 e. The Bertz CT molecular complexity index is 87.6. The van der Waals surface area contributed by atoms with Crippen LogP contribution in [-0.2, 0) is 4.74 Å². The molecule has 0 aromatic rings. The number of hydrazine groups is 1. The van der Waals surface area contributed by atoms with Gasteiger partial charge in [0.05, 0.1) is 13.3 Å². The number of hydrogen-bond acceptors (Lipinski definition) is 4. The summed E-state index contributed by atoms with van der Waals surface area (Å²) >= 11 is 0. The fraction of sp³-hybridized carbons (Fsp3) is 0.667. The molecule has 0 spiro atoms. The van der Waals surface area contributed by atoms with Crippen LogP contribution in [0.5, 0.6) is 0 Å². The minimum Gasteiger partial charge on any atom is -0.365 e. The van der Waals surface area contributed by atoms with Crippen LogP contribution < -0.4 is 16.2 Å². The summed E-state index contributed by atoms with van der Waals surface area (Å²) in [5.41, 5.74) is 5.65. The van der Waals surface area contributed by atoms with Crippen molar-refractivity contribution < 1.29 is 4.74 Å². The Hall–Kier alpha value is -0.580. The Kier molecular flexibility index (Phi) is 3.93. The summed E-state index contributed by atoms with van der Waals surface area (Å²) in [5.74, 6) is 0. The molecular formula is C6H13N3O. The second kappa shape index (κ2) is 5.22. The Labute approximate surface area is 60.6 Å². The van der Waals surface area contributed by atoms with E-state index < -0.39 is 0 Å². The van der Waals surface area contributed by atoms with Crippen molar-refractivity contribution in [1.29, 1.82) is 0 Å². The van der Waals surface area contributed by atoms with Gasteiger partial charge in [-0.25, -0.2) is 5.43 Å². The molecule has 0 radical (unpaired) electrons. The largest absolute Gasteiger partial charge is 0.365 e. The van der Waals surface area contributed by atoms with Crippen LogP contribution in [0.1, 0.15) is 0 Å². The topological polar surface area (TPSA) is 45.3 Å². The van der Waals surface area contributed by atoms with Gasteiger partial charge in [0.2, 0.25) is 0 Å². The van der Waals surface area contributed by atoms with E-state index in [1.807, 2.05) is 12.3 Å². The number of ether oxygens (including phenoxy) is 1. The predicted molar refractivity (Wildman–Crippen MR) is 39.1 cm³/mol. The van der Waals surface area contributed by atoms with Crippen molar-refractivity contribution in [3.05, 3.63) is 12.3 Å². The Balaban J connectivity index is 0.0000001000. The van der Waals surface area contributed by atoms with Crippen molar-refractivity contribution in [2.45, 2.75) is 0 Å². The summed E-state index contributed by atoms with van der Waals surface area (Å²) in [6, 6.07) is 0. The molecule has 2 rings (SSSR count). The molecular weight excluding hydrogens is 130 g/mol. The van der Waals surface area contributed by atoms with E-state index in [0.717, 1.165) is 26.4 Å². The van der Waals surface area contributed by atoms with Crippen LogP contribution in [0.2, 0.25) is 0 Å². The predicted octanol–water partition coefficient (Wildman–Crippen LogP) is -0.828. The van der Waals surface area contributed by atoms with Crippen molar-refractivity contribution >= 4 is 0 Å². The Morgan fingerprint density at radius 3 is 2.60 bits per heavy atom. The SMILES string of the molecule is C1=CNNC1.C1COCN1.